The molecule has 2 aromatic rings. The Morgan fingerprint density at radius 1 is 1.12 bits per heavy atom. The molecule has 0 spiro atoms. The summed E-state index contributed by atoms with van der Waals surface area (Å²) in [5, 5.41) is 0.548. The smallest absolute Gasteiger partial charge is 0.233 e. The number of rotatable bonds is 2. The summed E-state index contributed by atoms with van der Waals surface area (Å²) in [5.41, 5.74) is 0. The van der Waals surface area contributed by atoms with E-state index in [-0.39, 0.29) is 0 Å². The molecular formula is C10H5Br2ClN2O. The molecule has 0 amide bonds. The van der Waals surface area contributed by atoms with Crippen LogP contribution in [-0.2, 0) is 0 Å². The number of halogens is 3. The lowest BCUT2D eigenvalue weighted by atomic mass is 10.4. The van der Waals surface area contributed by atoms with Crippen molar-refractivity contribution < 1.29 is 4.74 Å². The van der Waals surface area contributed by atoms with Crippen LogP contribution in [0.3, 0.4) is 0 Å². The zero-order valence-electron chi connectivity index (χ0n) is 7.82. The maximum Gasteiger partial charge on any atom is 0.233 e. The molecule has 3 nitrogen and oxygen atoms in total. The molecule has 0 unspecified atom stereocenters. The SMILES string of the molecule is Clc1cnc(Oc2cncc(Br)c2)c(Br)c1. The highest BCUT2D eigenvalue weighted by Crippen LogP contribution is 2.29. The molecule has 82 valence electrons. The van der Waals surface area contributed by atoms with Gasteiger partial charge in [0.15, 0.2) is 0 Å². The molecule has 0 fully saturated rings. The van der Waals surface area contributed by atoms with E-state index < -0.39 is 0 Å². The third-order valence-corrected chi connectivity index (χ3v) is 2.88. The van der Waals surface area contributed by atoms with Crippen molar-refractivity contribution in [2.75, 3.05) is 0 Å². The van der Waals surface area contributed by atoms with Crippen LogP contribution in [0.15, 0.2) is 39.7 Å². The summed E-state index contributed by atoms with van der Waals surface area (Å²) in [6.07, 6.45) is 4.80. The first-order valence-corrected chi connectivity index (χ1v) is 6.21. The standard InChI is InChI=1S/C10H5Br2ClN2O/c11-6-1-8(5-14-3-6)16-10-9(12)2-7(13)4-15-10/h1-5H. The molecule has 0 saturated heterocycles. The van der Waals surface area contributed by atoms with Crippen LogP contribution in [0.25, 0.3) is 0 Å². The molecule has 2 aromatic heterocycles. The van der Waals surface area contributed by atoms with Gasteiger partial charge in [-0.3, -0.25) is 4.98 Å². The van der Waals surface area contributed by atoms with Crippen molar-refractivity contribution in [1.29, 1.82) is 0 Å². The predicted octanol–water partition coefficient (Wildman–Crippen LogP) is 4.45. The minimum Gasteiger partial charge on any atom is -0.436 e. The maximum absolute atomic E-state index is 5.78. The fourth-order valence-electron chi connectivity index (χ4n) is 1.04. The van der Waals surface area contributed by atoms with Crippen LogP contribution in [0.2, 0.25) is 5.02 Å². The number of hydrogen-bond acceptors (Lipinski definition) is 3. The first-order valence-electron chi connectivity index (χ1n) is 4.24. The van der Waals surface area contributed by atoms with E-state index in [1.165, 1.54) is 6.20 Å². The first kappa shape index (κ1) is 11.8. The van der Waals surface area contributed by atoms with Crippen molar-refractivity contribution in [1.82, 2.24) is 9.97 Å². The van der Waals surface area contributed by atoms with Gasteiger partial charge in [-0.25, -0.2) is 4.98 Å². The third kappa shape index (κ3) is 2.93. The Kier molecular flexibility index (Phi) is 3.78. The summed E-state index contributed by atoms with van der Waals surface area (Å²) in [4.78, 5) is 8.05. The van der Waals surface area contributed by atoms with E-state index in [9.17, 15) is 0 Å². The van der Waals surface area contributed by atoms with Gasteiger partial charge in [0, 0.05) is 16.9 Å². The number of hydrogen-bond donors (Lipinski definition) is 0. The Morgan fingerprint density at radius 2 is 1.94 bits per heavy atom. The van der Waals surface area contributed by atoms with Crippen LogP contribution in [0.5, 0.6) is 11.6 Å². The second-order valence-electron chi connectivity index (χ2n) is 2.88. The summed E-state index contributed by atoms with van der Waals surface area (Å²) in [6.45, 7) is 0. The largest absolute Gasteiger partial charge is 0.436 e. The lowest BCUT2D eigenvalue weighted by molar-refractivity contribution is 0.457. The molecule has 0 aromatic carbocycles. The number of ether oxygens (including phenoxy) is 1. The van der Waals surface area contributed by atoms with Gasteiger partial charge < -0.3 is 4.74 Å². The van der Waals surface area contributed by atoms with E-state index in [1.54, 1.807) is 24.5 Å². The van der Waals surface area contributed by atoms with Crippen LogP contribution in [0, 0.1) is 0 Å². The average Bonchev–Trinajstić information content (AvgIpc) is 2.22. The highest BCUT2D eigenvalue weighted by molar-refractivity contribution is 9.10. The van der Waals surface area contributed by atoms with Crippen LogP contribution in [0.4, 0.5) is 0 Å². The van der Waals surface area contributed by atoms with Crippen LogP contribution >= 0.6 is 43.5 Å². The molecule has 0 aliphatic carbocycles. The van der Waals surface area contributed by atoms with E-state index in [0.717, 1.165) is 4.47 Å². The molecule has 2 heterocycles. The normalized spacial score (nSPS) is 10.2. The van der Waals surface area contributed by atoms with E-state index in [4.69, 9.17) is 16.3 Å². The first-order chi connectivity index (χ1) is 7.65. The van der Waals surface area contributed by atoms with E-state index in [2.05, 4.69) is 41.8 Å². The van der Waals surface area contributed by atoms with E-state index in [1.807, 2.05) is 0 Å². The van der Waals surface area contributed by atoms with Crippen LogP contribution < -0.4 is 4.74 Å². The van der Waals surface area contributed by atoms with Gasteiger partial charge in [0.2, 0.25) is 5.88 Å². The molecule has 2 rings (SSSR count). The Labute approximate surface area is 114 Å². The van der Waals surface area contributed by atoms with Crippen molar-refractivity contribution in [3.8, 4) is 11.6 Å². The topological polar surface area (TPSA) is 35.0 Å². The third-order valence-electron chi connectivity index (χ3n) is 1.67. The number of nitrogens with zero attached hydrogens (tertiary/aromatic N) is 2. The van der Waals surface area contributed by atoms with Gasteiger partial charge in [-0.1, -0.05) is 11.6 Å². The lowest BCUT2D eigenvalue weighted by Crippen LogP contribution is -1.89. The fraction of sp³-hybridized carbons (Fsp3) is 0. The van der Waals surface area contributed by atoms with Crippen molar-refractivity contribution in [3.63, 3.8) is 0 Å². The van der Waals surface area contributed by atoms with Gasteiger partial charge in [0.1, 0.15) is 5.75 Å². The molecule has 0 radical (unpaired) electrons. The van der Waals surface area contributed by atoms with Crippen molar-refractivity contribution in [2.45, 2.75) is 0 Å². The summed E-state index contributed by atoms with van der Waals surface area (Å²) in [7, 11) is 0. The lowest BCUT2D eigenvalue weighted by Gasteiger charge is -2.06. The molecule has 16 heavy (non-hydrogen) atoms. The molecule has 0 aliphatic rings. The second-order valence-corrected chi connectivity index (χ2v) is 5.09. The minimum absolute atomic E-state index is 0.448. The number of aromatic nitrogens is 2. The van der Waals surface area contributed by atoms with Gasteiger partial charge in [0.05, 0.1) is 15.7 Å². The average molecular weight is 364 g/mol. The minimum atomic E-state index is 0.448. The van der Waals surface area contributed by atoms with E-state index >= 15 is 0 Å². The van der Waals surface area contributed by atoms with Crippen molar-refractivity contribution in [3.05, 3.63) is 44.7 Å². The quantitative estimate of drug-likeness (QED) is 0.790. The van der Waals surface area contributed by atoms with Crippen molar-refractivity contribution >= 4 is 43.5 Å². The molecular weight excluding hydrogens is 359 g/mol. The Morgan fingerprint density at radius 3 is 2.62 bits per heavy atom. The molecule has 0 aliphatic heterocycles. The summed E-state index contributed by atoms with van der Waals surface area (Å²) in [5.74, 6) is 1.05. The summed E-state index contributed by atoms with van der Waals surface area (Å²) < 4.78 is 7.07. The molecule has 0 saturated carbocycles. The maximum atomic E-state index is 5.78. The second kappa shape index (κ2) is 5.12. The highest BCUT2D eigenvalue weighted by atomic mass is 79.9. The van der Waals surface area contributed by atoms with Crippen LogP contribution in [-0.4, -0.2) is 9.97 Å². The van der Waals surface area contributed by atoms with Gasteiger partial charge in [-0.15, -0.1) is 0 Å². The van der Waals surface area contributed by atoms with Crippen LogP contribution in [0.1, 0.15) is 0 Å². The number of pyridine rings is 2. The molecule has 0 bridgehead atoms. The molecule has 0 N–H and O–H groups in total. The Balaban J connectivity index is 2.27. The Hall–Kier alpha value is -0.650. The summed E-state index contributed by atoms with van der Waals surface area (Å²) >= 11 is 12.4. The van der Waals surface area contributed by atoms with E-state index in [0.29, 0.717) is 21.1 Å². The Bertz CT molecular complexity index is 522. The van der Waals surface area contributed by atoms with Gasteiger partial charge in [0.25, 0.3) is 0 Å². The molecule has 0 atom stereocenters. The predicted molar refractivity (Wildman–Crippen MR) is 69.0 cm³/mol. The highest BCUT2D eigenvalue weighted by Gasteiger charge is 2.05. The van der Waals surface area contributed by atoms with Gasteiger partial charge in [-0.05, 0) is 44.0 Å². The van der Waals surface area contributed by atoms with Gasteiger partial charge in [-0.2, -0.15) is 0 Å². The summed E-state index contributed by atoms with van der Waals surface area (Å²) in [6, 6.07) is 3.52. The monoisotopic (exact) mass is 362 g/mol. The fourth-order valence-corrected chi connectivity index (χ4v) is 2.10. The van der Waals surface area contributed by atoms with Gasteiger partial charge >= 0.3 is 0 Å². The van der Waals surface area contributed by atoms with Crippen molar-refractivity contribution in [2.24, 2.45) is 0 Å². The zero-order chi connectivity index (χ0) is 11.5. The zero-order valence-corrected chi connectivity index (χ0v) is 11.8. The molecule has 6 heteroatoms.